The number of likely N-dealkylation sites (N-methyl/N-ethyl adjacent to an activating group) is 1. The number of amides is 2. The average Bonchev–Trinajstić information content (AvgIpc) is 2.97. The number of carbonyl (C=O) groups is 3. The van der Waals surface area contributed by atoms with Gasteiger partial charge in [-0.1, -0.05) is 0 Å². The lowest BCUT2D eigenvalue weighted by molar-refractivity contribution is -0.137. The van der Waals surface area contributed by atoms with E-state index in [0.717, 1.165) is 10.6 Å². The van der Waals surface area contributed by atoms with Gasteiger partial charge in [0.25, 0.3) is 0 Å². The first-order valence-corrected chi connectivity index (χ1v) is 5.83. The maximum Gasteiger partial charge on any atom is 0.354 e. The Morgan fingerprint density at radius 1 is 1.53 bits per heavy atom. The van der Waals surface area contributed by atoms with Crippen LogP contribution in [0.1, 0.15) is 22.6 Å². The highest BCUT2D eigenvalue weighted by Crippen LogP contribution is 2.11. The Kier molecular flexibility index (Phi) is 3.66. The molecule has 7 nitrogen and oxygen atoms in total. The van der Waals surface area contributed by atoms with Crippen LogP contribution in [0.2, 0.25) is 0 Å². The van der Waals surface area contributed by atoms with Crippen LogP contribution >= 0.6 is 0 Å². The van der Waals surface area contributed by atoms with Gasteiger partial charge in [0.2, 0.25) is 11.8 Å². The number of esters is 1. The van der Waals surface area contributed by atoms with Crippen molar-refractivity contribution in [1.82, 2.24) is 15.2 Å². The van der Waals surface area contributed by atoms with Crippen molar-refractivity contribution in [1.29, 1.82) is 0 Å². The quantitative estimate of drug-likeness (QED) is 0.573. The predicted molar refractivity (Wildman–Crippen MR) is 65.2 cm³/mol. The van der Waals surface area contributed by atoms with Crippen LogP contribution in [0.15, 0.2) is 12.1 Å². The molecule has 1 unspecified atom stereocenters. The fraction of sp³-hybridized carbons (Fsp3) is 0.417. The van der Waals surface area contributed by atoms with Crippen LogP contribution in [0.4, 0.5) is 0 Å². The van der Waals surface area contributed by atoms with Gasteiger partial charge >= 0.3 is 5.97 Å². The van der Waals surface area contributed by atoms with E-state index in [4.69, 9.17) is 0 Å². The molecule has 0 bridgehead atoms. The van der Waals surface area contributed by atoms with E-state index in [1.54, 1.807) is 12.1 Å². The van der Waals surface area contributed by atoms with Crippen LogP contribution in [-0.4, -0.2) is 47.9 Å². The minimum absolute atomic E-state index is 0.167. The first-order valence-electron chi connectivity index (χ1n) is 5.83. The van der Waals surface area contributed by atoms with Gasteiger partial charge in [0.1, 0.15) is 5.69 Å². The first kappa shape index (κ1) is 13.3. The van der Waals surface area contributed by atoms with Crippen molar-refractivity contribution in [3.8, 4) is 0 Å². The highest BCUT2D eigenvalue weighted by Gasteiger charge is 2.35. The molecule has 0 radical (unpaired) electrons. The van der Waals surface area contributed by atoms with Crippen molar-refractivity contribution in [3.63, 3.8) is 0 Å². The van der Waals surface area contributed by atoms with Crippen LogP contribution in [0, 0.1) is 0 Å². The lowest BCUT2D eigenvalue weighted by Crippen LogP contribution is -2.36. The van der Waals surface area contributed by atoms with Gasteiger partial charge in [0, 0.05) is 19.3 Å². The Bertz CT molecular complexity index is 523. The van der Waals surface area contributed by atoms with Gasteiger partial charge in [-0.15, -0.1) is 0 Å². The molecule has 0 saturated carbocycles. The Morgan fingerprint density at radius 2 is 2.26 bits per heavy atom. The molecule has 1 saturated heterocycles. The summed E-state index contributed by atoms with van der Waals surface area (Å²) in [5, 5.41) is 2.98. The number of aromatic nitrogens is 1. The summed E-state index contributed by atoms with van der Waals surface area (Å²) in [5.74, 6) is -0.868. The number of methoxy groups -OCH3 is 1. The van der Waals surface area contributed by atoms with E-state index in [1.165, 1.54) is 14.2 Å². The lowest BCUT2D eigenvalue weighted by Gasteiger charge is -2.09. The van der Waals surface area contributed by atoms with Gasteiger partial charge in [0.05, 0.1) is 19.6 Å². The number of ether oxygens (including phenoxy) is 1. The maximum atomic E-state index is 11.7. The molecule has 1 aliphatic rings. The monoisotopic (exact) mass is 265 g/mol. The molecule has 7 heteroatoms. The summed E-state index contributed by atoms with van der Waals surface area (Å²) >= 11 is 0. The van der Waals surface area contributed by atoms with Gasteiger partial charge in [-0.05, 0) is 12.1 Å². The Morgan fingerprint density at radius 3 is 2.84 bits per heavy atom. The van der Waals surface area contributed by atoms with E-state index in [2.05, 4.69) is 15.0 Å². The van der Waals surface area contributed by atoms with Crippen LogP contribution in [-0.2, 0) is 20.9 Å². The summed E-state index contributed by atoms with van der Waals surface area (Å²) in [7, 11) is 2.77. The largest absolute Gasteiger partial charge is 0.464 e. The second kappa shape index (κ2) is 5.23. The molecule has 102 valence electrons. The van der Waals surface area contributed by atoms with Crippen molar-refractivity contribution in [2.45, 2.75) is 19.0 Å². The smallest absolute Gasteiger partial charge is 0.354 e. The minimum Gasteiger partial charge on any atom is -0.464 e. The second-order valence-electron chi connectivity index (χ2n) is 4.32. The summed E-state index contributed by atoms with van der Waals surface area (Å²) in [6, 6.07) is 2.84. The maximum absolute atomic E-state index is 11.7. The third-order valence-corrected chi connectivity index (χ3v) is 3.07. The second-order valence-corrected chi connectivity index (χ2v) is 4.32. The number of H-pyrrole nitrogens is 1. The SMILES string of the molecule is COC(=O)c1ccc(CNC2CC(=O)N(C)C2=O)[nH]1. The molecular formula is C12H15N3O4. The third kappa shape index (κ3) is 2.65. The topological polar surface area (TPSA) is 91.5 Å². The number of nitrogens with one attached hydrogen (secondary N) is 2. The summed E-state index contributed by atoms with van der Waals surface area (Å²) in [6.07, 6.45) is 0.167. The van der Waals surface area contributed by atoms with E-state index in [-0.39, 0.29) is 18.2 Å². The van der Waals surface area contributed by atoms with Gasteiger partial charge in [-0.3, -0.25) is 19.8 Å². The Balaban J connectivity index is 1.93. The molecule has 1 fully saturated rings. The van der Waals surface area contributed by atoms with Crippen LogP contribution in [0.25, 0.3) is 0 Å². The van der Waals surface area contributed by atoms with Crippen molar-refractivity contribution < 1.29 is 19.1 Å². The molecule has 1 aromatic heterocycles. The molecule has 1 atom stereocenters. The summed E-state index contributed by atoms with van der Waals surface area (Å²) in [4.78, 5) is 38.2. The standard InChI is InChI=1S/C12H15N3O4/c1-15-10(16)5-9(11(15)17)13-6-7-3-4-8(14-7)12(18)19-2/h3-4,9,13-14H,5-6H2,1-2H3. The fourth-order valence-corrected chi connectivity index (χ4v) is 1.92. The third-order valence-electron chi connectivity index (χ3n) is 3.07. The molecule has 0 aliphatic carbocycles. The van der Waals surface area contributed by atoms with E-state index in [9.17, 15) is 14.4 Å². The number of rotatable bonds is 4. The predicted octanol–water partition coefficient (Wildman–Crippen LogP) is -0.352. The van der Waals surface area contributed by atoms with Gasteiger partial charge < -0.3 is 9.72 Å². The van der Waals surface area contributed by atoms with E-state index in [0.29, 0.717) is 12.2 Å². The number of nitrogens with zero attached hydrogens (tertiary/aromatic N) is 1. The number of hydrogen-bond acceptors (Lipinski definition) is 5. The molecule has 0 spiro atoms. The molecule has 2 amide bonds. The number of likely N-dealkylation sites (tertiary alicyclic amines) is 1. The number of aromatic amines is 1. The summed E-state index contributed by atoms with van der Waals surface area (Å²) in [5.41, 5.74) is 1.10. The highest BCUT2D eigenvalue weighted by atomic mass is 16.5. The first-order chi connectivity index (χ1) is 9.02. The summed E-state index contributed by atoms with van der Waals surface area (Å²) in [6.45, 7) is 0.370. The van der Waals surface area contributed by atoms with E-state index in [1.807, 2.05) is 0 Å². The Labute approximate surface area is 109 Å². The zero-order chi connectivity index (χ0) is 14.0. The molecule has 2 heterocycles. The van der Waals surface area contributed by atoms with Crippen molar-refractivity contribution in [3.05, 3.63) is 23.5 Å². The zero-order valence-electron chi connectivity index (χ0n) is 10.7. The number of carbonyl (C=O) groups excluding carboxylic acids is 3. The van der Waals surface area contributed by atoms with Crippen molar-refractivity contribution in [2.24, 2.45) is 0 Å². The molecule has 19 heavy (non-hydrogen) atoms. The van der Waals surface area contributed by atoms with Crippen molar-refractivity contribution in [2.75, 3.05) is 14.2 Å². The molecule has 2 N–H and O–H groups in total. The van der Waals surface area contributed by atoms with Crippen molar-refractivity contribution >= 4 is 17.8 Å². The molecule has 1 aromatic rings. The van der Waals surface area contributed by atoms with Gasteiger partial charge in [0.15, 0.2) is 0 Å². The highest BCUT2D eigenvalue weighted by molar-refractivity contribution is 6.05. The van der Waals surface area contributed by atoms with Gasteiger partial charge in [-0.2, -0.15) is 0 Å². The van der Waals surface area contributed by atoms with E-state index >= 15 is 0 Å². The average molecular weight is 265 g/mol. The molecule has 2 rings (SSSR count). The fourth-order valence-electron chi connectivity index (χ4n) is 1.92. The van der Waals surface area contributed by atoms with Crippen LogP contribution < -0.4 is 5.32 Å². The lowest BCUT2D eigenvalue weighted by atomic mass is 10.2. The normalized spacial score (nSPS) is 19.1. The number of imide groups is 1. The zero-order valence-corrected chi connectivity index (χ0v) is 10.7. The van der Waals surface area contributed by atoms with Crippen LogP contribution in [0.5, 0.6) is 0 Å². The van der Waals surface area contributed by atoms with Crippen LogP contribution in [0.3, 0.4) is 0 Å². The van der Waals surface area contributed by atoms with Gasteiger partial charge in [-0.25, -0.2) is 4.79 Å². The molecule has 0 aromatic carbocycles. The van der Waals surface area contributed by atoms with E-state index < -0.39 is 12.0 Å². The number of hydrogen-bond donors (Lipinski definition) is 2. The summed E-state index contributed by atoms with van der Waals surface area (Å²) < 4.78 is 4.58. The molecule has 1 aliphatic heterocycles. The minimum atomic E-state index is -0.498. The molecular weight excluding hydrogens is 250 g/mol. The Hall–Kier alpha value is -2.15.